The smallest absolute Gasteiger partial charge is 0.426 e. The van der Waals surface area contributed by atoms with Crippen LogP contribution in [-0.2, 0) is 15.0 Å². The van der Waals surface area contributed by atoms with Gasteiger partial charge in [0, 0.05) is 6.42 Å². The maximum Gasteiger partial charge on any atom is 0.475 e. The van der Waals surface area contributed by atoms with E-state index in [4.69, 9.17) is 4.84 Å². The Bertz CT molecular complexity index is 650. The molecule has 6 nitrogen and oxygen atoms in total. The Labute approximate surface area is 155 Å². The molecule has 1 heterocycles. The number of carbonyl (C=O) groups is 1. The van der Waals surface area contributed by atoms with Crippen molar-refractivity contribution in [2.24, 2.45) is 11.1 Å². The highest BCUT2D eigenvalue weighted by Gasteiger charge is 2.33. The predicted octanol–water partition coefficient (Wildman–Crippen LogP) is 2.02. The molecule has 0 spiro atoms. The first kappa shape index (κ1) is 20.5. The summed E-state index contributed by atoms with van der Waals surface area (Å²) in [6.07, 6.45) is 0.0788. The Morgan fingerprint density at radius 3 is 2.42 bits per heavy atom. The molecule has 0 aliphatic carbocycles. The second kappa shape index (κ2) is 8.23. The average molecular weight is 360 g/mol. The molecule has 0 bridgehead atoms. The van der Waals surface area contributed by atoms with Gasteiger partial charge in [-0.3, -0.25) is 4.79 Å². The zero-order valence-electron chi connectivity index (χ0n) is 16.2. The summed E-state index contributed by atoms with van der Waals surface area (Å²) in [6, 6.07) is 8.10. The standard InChI is InChI=1S/C19H29BN2O4/c1-12(2)10-17(20(24)25)21-18(23)16-11-15(22-26-16)13-6-8-14(9-7-13)19(3,4)5/h6-9,12,16-17,24-25H,10-11H2,1-5H3,(H,21,23). The largest absolute Gasteiger partial charge is 0.475 e. The fourth-order valence-electron chi connectivity index (χ4n) is 2.89. The lowest BCUT2D eigenvalue weighted by Crippen LogP contribution is -2.50. The summed E-state index contributed by atoms with van der Waals surface area (Å²) in [6.45, 7) is 10.4. The number of hydrogen-bond donors (Lipinski definition) is 3. The van der Waals surface area contributed by atoms with Crippen molar-refractivity contribution in [1.82, 2.24) is 5.32 Å². The van der Waals surface area contributed by atoms with Crippen LogP contribution < -0.4 is 5.32 Å². The number of carbonyl (C=O) groups excluding carboxylic acids is 1. The van der Waals surface area contributed by atoms with Gasteiger partial charge in [-0.15, -0.1) is 0 Å². The molecule has 1 aliphatic heterocycles. The van der Waals surface area contributed by atoms with Gasteiger partial charge in [-0.2, -0.15) is 0 Å². The lowest BCUT2D eigenvalue weighted by atomic mass is 9.75. The van der Waals surface area contributed by atoms with Crippen LogP contribution in [0.15, 0.2) is 29.4 Å². The molecule has 2 rings (SSSR count). The number of benzene rings is 1. The summed E-state index contributed by atoms with van der Waals surface area (Å²) in [5.41, 5.74) is 2.94. The minimum atomic E-state index is -1.60. The summed E-state index contributed by atoms with van der Waals surface area (Å²) >= 11 is 0. The van der Waals surface area contributed by atoms with Crippen molar-refractivity contribution >= 4 is 18.7 Å². The molecule has 1 aliphatic rings. The van der Waals surface area contributed by atoms with Gasteiger partial charge in [-0.25, -0.2) is 0 Å². The molecule has 0 aromatic heterocycles. The van der Waals surface area contributed by atoms with Gasteiger partial charge in [0.05, 0.1) is 11.7 Å². The number of nitrogens with zero attached hydrogens (tertiary/aromatic N) is 1. The van der Waals surface area contributed by atoms with Gasteiger partial charge in [-0.1, -0.05) is 64.0 Å². The summed E-state index contributed by atoms with van der Waals surface area (Å²) in [7, 11) is -1.60. The van der Waals surface area contributed by atoms with Gasteiger partial charge in [0.15, 0.2) is 0 Å². The fourth-order valence-corrected chi connectivity index (χ4v) is 2.89. The second-order valence-corrected chi connectivity index (χ2v) is 8.32. The predicted molar refractivity (Wildman–Crippen MR) is 103 cm³/mol. The molecular weight excluding hydrogens is 331 g/mol. The molecule has 7 heteroatoms. The van der Waals surface area contributed by atoms with E-state index in [9.17, 15) is 14.8 Å². The van der Waals surface area contributed by atoms with E-state index in [0.717, 1.165) is 11.3 Å². The highest BCUT2D eigenvalue weighted by atomic mass is 16.6. The molecule has 142 valence electrons. The Kier molecular flexibility index (Phi) is 6.47. The van der Waals surface area contributed by atoms with Gasteiger partial charge in [-0.05, 0) is 28.9 Å². The molecule has 2 unspecified atom stereocenters. The van der Waals surface area contributed by atoms with Crippen LogP contribution in [0.2, 0.25) is 0 Å². The van der Waals surface area contributed by atoms with Crippen LogP contribution in [0, 0.1) is 5.92 Å². The third-order valence-corrected chi connectivity index (χ3v) is 4.46. The van der Waals surface area contributed by atoms with Crippen LogP contribution in [0.1, 0.15) is 58.6 Å². The molecule has 1 aromatic carbocycles. The highest BCUT2D eigenvalue weighted by Crippen LogP contribution is 2.24. The Morgan fingerprint density at radius 1 is 1.31 bits per heavy atom. The van der Waals surface area contributed by atoms with Crippen LogP contribution in [0.5, 0.6) is 0 Å². The second-order valence-electron chi connectivity index (χ2n) is 8.32. The quantitative estimate of drug-likeness (QED) is 0.677. The van der Waals surface area contributed by atoms with Gasteiger partial charge < -0.3 is 20.2 Å². The lowest BCUT2D eigenvalue weighted by molar-refractivity contribution is -0.131. The van der Waals surface area contributed by atoms with E-state index < -0.39 is 19.2 Å². The summed E-state index contributed by atoms with van der Waals surface area (Å²) < 4.78 is 0. The molecular formula is C19H29BN2O4. The minimum Gasteiger partial charge on any atom is -0.426 e. The van der Waals surface area contributed by atoms with E-state index in [1.165, 1.54) is 5.56 Å². The maximum atomic E-state index is 12.4. The SMILES string of the molecule is CC(C)CC(NC(=O)C1CC(c2ccc(C(C)(C)C)cc2)=NO1)B(O)O. The first-order valence-electron chi connectivity index (χ1n) is 9.08. The van der Waals surface area contributed by atoms with E-state index in [1.807, 2.05) is 26.0 Å². The minimum absolute atomic E-state index is 0.0749. The van der Waals surface area contributed by atoms with Gasteiger partial charge in [0.25, 0.3) is 5.91 Å². The van der Waals surface area contributed by atoms with Crippen LogP contribution in [0.4, 0.5) is 0 Å². The Morgan fingerprint density at radius 2 is 1.92 bits per heavy atom. The topological polar surface area (TPSA) is 91.2 Å². The van der Waals surface area contributed by atoms with Crippen LogP contribution >= 0.6 is 0 Å². The number of nitrogens with one attached hydrogen (secondary N) is 1. The summed E-state index contributed by atoms with van der Waals surface area (Å²) in [5, 5.41) is 25.6. The molecule has 1 amide bonds. The van der Waals surface area contributed by atoms with Crippen molar-refractivity contribution in [3.05, 3.63) is 35.4 Å². The Hall–Kier alpha value is -1.86. The zero-order valence-corrected chi connectivity index (χ0v) is 16.2. The highest BCUT2D eigenvalue weighted by molar-refractivity contribution is 6.43. The van der Waals surface area contributed by atoms with E-state index in [1.54, 1.807) is 0 Å². The molecule has 2 atom stereocenters. The van der Waals surface area contributed by atoms with Gasteiger partial charge >= 0.3 is 7.12 Å². The van der Waals surface area contributed by atoms with E-state index in [-0.39, 0.29) is 17.2 Å². The van der Waals surface area contributed by atoms with E-state index in [2.05, 4.69) is 43.4 Å². The first-order valence-corrected chi connectivity index (χ1v) is 9.08. The lowest BCUT2D eigenvalue weighted by Gasteiger charge is -2.21. The molecule has 26 heavy (non-hydrogen) atoms. The third-order valence-electron chi connectivity index (χ3n) is 4.46. The number of hydrogen-bond acceptors (Lipinski definition) is 5. The molecule has 0 saturated heterocycles. The summed E-state index contributed by atoms with van der Waals surface area (Å²) in [5.74, 6) is -0.880. The molecule has 3 N–H and O–H groups in total. The fraction of sp³-hybridized carbons (Fsp3) is 0.579. The number of oxime groups is 1. The molecule has 0 saturated carbocycles. The van der Waals surface area contributed by atoms with Crippen molar-refractivity contribution < 1.29 is 19.7 Å². The van der Waals surface area contributed by atoms with Crippen molar-refractivity contribution in [2.45, 2.75) is 64.9 Å². The van der Waals surface area contributed by atoms with Gasteiger partial charge in [0.2, 0.25) is 6.10 Å². The third kappa shape index (κ3) is 5.32. The first-order chi connectivity index (χ1) is 12.1. The normalized spacial score (nSPS) is 18.3. The van der Waals surface area contributed by atoms with Crippen LogP contribution in [-0.4, -0.2) is 40.8 Å². The average Bonchev–Trinajstić information content (AvgIpc) is 3.03. The number of rotatable bonds is 6. The van der Waals surface area contributed by atoms with E-state index in [0.29, 0.717) is 12.8 Å². The van der Waals surface area contributed by atoms with Crippen molar-refractivity contribution in [3.8, 4) is 0 Å². The van der Waals surface area contributed by atoms with Crippen molar-refractivity contribution in [2.75, 3.05) is 0 Å². The summed E-state index contributed by atoms with van der Waals surface area (Å²) in [4.78, 5) is 17.7. The molecule has 1 aromatic rings. The zero-order chi connectivity index (χ0) is 19.5. The van der Waals surface area contributed by atoms with Crippen LogP contribution in [0.25, 0.3) is 0 Å². The maximum absolute atomic E-state index is 12.4. The Balaban J connectivity index is 1.97. The van der Waals surface area contributed by atoms with Crippen LogP contribution in [0.3, 0.4) is 0 Å². The van der Waals surface area contributed by atoms with E-state index >= 15 is 0 Å². The van der Waals surface area contributed by atoms with Crippen molar-refractivity contribution in [1.29, 1.82) is 0 Å². The number of amides is 1. The monoisotopic (exact) mass is 360 g/mol. The molecule has 0 radical (unpaired) electrons. The molecule has 0 fully saturated rings. The van der Waals surface area contributed by atoms with Gasteiger partial charge in [0.1, 0.15) is 0 Å². The van der Waals surface area contributed by atoms with Crippen molar-refractivity contribution in [3.63, 3.8) is 0 Å².